The molecule has 46 heavy (non-hydrogen) atoms. The first-order chi connectivity index (χ1) is 21.9. The zero-order chi connectivity index (χ0) is 33.0. The molecule has 2 aromatic rings. The predicted molar refractivity (Wildman–Crippen MR) is 169 cm³/mol. The number of Topliss-reactive ketones (excluding diaryl/α,β-unsaturated/α-hetero) is 1. The Morgan fingerprint density at radius 2 is 1.91 bits per heavy atom. The molecule has 0 saturated heterocycles. The van der Waals surface area contributed by atoms with Gasteiger partial charge in [0.05, 0.1) is 23.7 Å². The van der Waals surface area contributed by atoms with Crippen LogP contribution >= 0.6 is 0 Å². The quantitative estimate of drug-likeness (QED) is 0.294. The van der Waals surface area contributed by atoms with Crippen molar-refractivity contribution in [2.45, 2.75) is 78.1 Å². The van der Waals surface area contributed by atoms with E-state index in [9.17, 15) is 24.9 Å². The largest absolute Gasteiger partial charge is 0.486 e. The van der Waals surface area contributed by atoms with E-state index in [0.29, 0.717) is 31.4 Å². The number of ketones is 2. The van der Waals surface area contributed by atoms with E-state index in [1.807, 2.05) is 37.3 Å². The second kappa shape index (κ2) is 12.4. The molecule has 0 aliphatic heterocycles. The average molecular weight is 634 g/mol. The number of nitrogens with two attached hydrogens (primary N) is 1. The number of hydrogen-bond acceptors (Lipinski definition) is 8. The average Bonchev–Trinajstić information content (AvgIpc) is 3.31. The normalized spacial score (nSPS) is 33.9. The third-order valence-corrected chi connectivity index (χ3v) is 11.6. The Bertz CT molecular complexity index is 1590. The van der Waals surface area contributed by atoms with Crippen LogP contribution in [0, 0.1) is 47.2 Å². The number of allylic oxidation sites excluding steroid dienone is 4. The van der Waals surface area contributed by atoms with Gasteiger partial charge in [0.25, 0.3) is 0 Å². The Labute approximate surface area is 269 Å². The minimum Gasteiger partial charge on any atom is -0.486 e. The summed E-state index contributed by atoms with van der Waals surface area (Å²) in [7, 11) is 0. The van der Waals surface area contributed by atoms with Crippen LogP contribution in [0.25, 0.3) is 0 Å². The molecule has 0 aromatic heterocycles. The summed E-state index contributed by atoms with van der Waals surface area (Å²) in [5.74, 6) is -2.29. The number of halogens is 1. The second-order valence-electron chi connectivity index (χ2n) is 14.0. The van der Waals surface area contributed by atoms with Gasteiger partial charge in [-0.1, -0.05) is 55.8 Å². The van der Waals surface area contributed by atoms with Crippen LogP contribution in [-0.4, -0.2) is 45.7 Å². The number of rotatable bonds is 9. The van der Waals surface area contributed by atoms with E-state index in [0.717, 1.165) is 23.1 Å². The first-order valence-corrected chi connectivity index (χ1v) is 16.2. The van der Waals surface area contributed by atoms with Gasteiger partial charge in [-0.3, -0.25) is 9.59 Å². The number of aliphatic hydroxyl groups is 3. The van der Waals surface area contributed by atoms with Crippen molar-refractivity contribution in [3.63, 3.8) is 0 Å². The number of carbonyl (C=O) groups is 2. The number of ether oxygens (including phenoxy) is 2. The lowest BCUT2D eigenvalue weighted by atomic mass is 9.46. The molecule has 5 N–H and O–H groups in total. The minimum atomic E-state index is -1.70. The smallest absolute Gasteiger partial charge is 0.184 e. The van der Waals surface area contributed by atoms with Gasteiger partial charge >= 0.3 is 0 Å². The second-order valence-corrected chi connectivity index (χ2v) is 14.0. The first-order valence-electron chi connectivity index (χ1n) is 16.2. The van der Waals surface area contributed by atoms with Gasteiger partial charge in [0, 0.05) is 17.9 Å². The van der Waals surface area contributed by atoms with Crippen LogP contribution < -0.4 is 10.5 Å². The van der Waals surface area contributed by atoms with E-state index < -0.39 is 53.5 Å². The highest BCUT2D eigenvalue weighted by atomic mass is 19.1. The summed E-state index contributed by atoms with van der Waals surface area (Å²) in [6, 6.07) is 10.6. The highest BCUT2D eigenvalue weighted by molar-refractivity contribution is 6.01. The maximum atomic E-state index is 16.0. The number of hydrogen-bond donors (Lipinski definition) is 4. The van der Waals surface area contributed by atoms with Crippen molar-refractivity contribution >= 4 is 11.6 Å². The lowest BCUT2D eigenvalue weighted by molar-refractivity contribution is -0.168. The van der Waals surface area contributed by atoms with E-state index in [4.69, 9.17) is 15.2 Å². The SMILES string of the molecule is Cc1ccc(OCc2ccccc2CN)c(F)c1[C@@H](O)O[C@@H]1CC2[C@@H]3CCC4=CC(=O)C=C[C@]4(C)C3[C@@H](O)C[C@]2(C)[C@H]1C(=O)CO. The Morgan fingerprint density at radius 1 is 1.17 bits per heavy atom. The fourth-order valence-electron chi connectivity index (χ4n) is 9.50. The molecule has 9 heteroatoms. The minimum absolute atomic E-state index is 0.0140. The molecule has 0 amide bonds. The molecule has 246 valence electrons. The molecule has 0 heterocycles. The van der Waals surface area contributed by atoms with Gasteiger partial charge in [-0.25, -0.2) is 4.39 Å². The molecule has 3 saturated carbocycles. The van der Waals surface area contributed by atoms with Crippen LogP contribution in [0.3, 0.4) is 0 Å². The third kappa shape index (κ3) is 5.36. The molecule has 4 aliphatic rings. The monoisotopic (exact) mass is 633 g/mol. The highest BCUT2D eigenvalue weighted by Crippen LogP contribution is 2.66. The standard InChI is InChI=1S/C37H44FNO7/c1-20-8-11-29(45-19-22-7-5-4-6-21(22)17-39)34(38)31(20)35(44)46-30-15-26-25-10-9-23-14-24(41)12-13-36(23,2)32(25)27(42)16-37(26,3)33(30)28(43)18-40/h4-8,11-14,25-27,30,32-33,35,40,42,44H,9-10,15-19,39H2,1-3H3/t25-,26?,27-,30+,32?,33-,35-,36-,37-/m0/s1. The molecular formula is C37H44FNO7. The van der Waals surface area contributed by atoms with Gasteiger partial charge < -0.3 is 30.5 Å². The van der Waals surface area contributed by atoms with Crippen molar-refractivity contribution < 1.29 is 38.8 Å². The van der Waals surface area contributed by atoms with Gasteiger partial charge in [0.2, 0.25) is 0 Å². The van der Waals surface area contributed by atoms with Crippen molar-refractivity contribution in [2.75, 3.05) is 6.61 Å². The third-order valence-electron chi connectivity index (χ3n) is 11.6. The topological polar surface area (TPSA) is 139 Å². The van der Waals surface area contributed by atoms with Crippen LogP contribution in [0.5, 0.6) is 5.75 Å². The molecule has 8 nitrogen and oxygen atoms in total. The summed E-state index contributed by atoms with van der Waals surface area (Å²) in [5, 5.41) is 33.2. The van der Waals surface area contributed by atoms with E-state index >= 15 is 4.39 Å². The fourth-order valence-corrected chi connectivity index (χ4v) is 9.50. The van der Waals surface area contributed by atoms with Crippen molar-refractivity contribution in [1.82, 2.24) is 0 Å². The van der Waals surface area contributed by atoms with Crippen LogP contribution in [-0.2, 0) is 27.5 Å². The molecule has 0 spiro atoms. The van der Waals surface area contributed by atoms with Crippen molar-refractivity contribution in [2.24, 2.45) is 40.2 Å². The van der Waals surface area contributed by atoms with Crippen LogP contribution in [0.2, 0.25) is 0 Å². The number of aliphatic hydroxyl groups excluding tert-OH is 3. The number of fused-ring (bicyclic) bond motifs is 5. The lowest BCUT2D eigenvalue weighted by Crippen LogP contribution is -2.56. The zero-order valence-corrected chi connectivity index (χ0v) is 26.6. The van der Waals surface area contributed by atoms with Crippen molar-refractivity contribution in [3.8, 4) is 5.75 Å². The Balaban J connectivity index is 1.27. The first kappa shape index (κ1) is 32.7. The summed E-state index contributed by atoms with van der Waals surface area (Å²) < 4.78 is 28.0. The Kier molecular flexibility index (Phi) is 8.84. The summed E-state index contributed by atoms with van der Waals surface area (Å²) in [4.78, 5) is 25.6. The summed E-state index contributed by atoms with van der Waals surface area (Å²) in [6.07, 6.45) is 4.06. The van der Waals surface area contributed by atoms with E-state index in [-0.39, 0.29) is 41.5 Å². The number of benzene rings is 2. The fraction of sp³-hybridized carbons (Fsp3) is 0.514. The van der Waals surface area contributed by atoms with Gasteiger partial charge in [-0.05, 0) is 84.8 Å². The molecule has 9 atom stereocenters. The van der Waals surface area contributed by atoms with Crippen LogP contribution in [0.1, 0.15) is 68.1 Å². The van der Waals surface area contributed by atoms with Gasteiger partial charge in [0.15, 0.2) is 29.4 Å². The molecule has 4 aliphatic carbocycles. The molecule has 2 aromatic carbocycles. The maximum absolute atomic E-state index is 16.0. The van der Waals surface area contributed by atoms with E-state index in [1.165, 1.54) is 6.07 Å². The van der Waals surface area contributed by atoms with Crippen molar-refractivity contribution in [3.05, 3.63) is 88.3 Å². The molecular weight excluding hydrogens is 589 g/mol. The molecule has 0 radical (unpaired) electrons. The molecule has 6 rings (SSSR count). The van der Waals surface area contributed by atoms with Crippen LogP contribution in [0.15, 0.2) is 60.2 Å². The Hall–Kier alpha value is -3.21. The summed E-state index contributed by atoms with van der Waals surface area (Å²) in [6.45, 7) is 5.41. The summed E-state index contributed by atoms with van der Waals surface area (Å²) in [5.41, 5.74) is 7.75. The Morgan fingerprint density at radius 3 is 2.63 bits per heavy atom. The summed E-state index contributed by atoms with van der Waals surface area (Å²) >= 11 is 0. The van der Waals surface area contributed by atoms with Gasteiger partial charge in [-0.15, -0.1) is 0 Å². The highest BCUT2D eigenvalue weighted by Gasteiger charge is 2.65. The lowest BCUT2D eigenvalue weighted by Gasteiger charge is -2.58. The molecule has 3 fully saturated rings. The van der Waals surface area contributed by atoms with Crippen LogP contribution in [0.4, 0.5) is 4.39 Å². The predicted octanol–water partition coefficient (Wildman–Crippen LogP) is 4.61. The number of carbonyl (C=O) groups excluding carboxylic acids is 2. The maximum Gasteiger partial charge on any atom is 0.184 e. The molecule has 2 unspecified atom stereocenters. The van der Waals surface area contributed by atoms with E-state index in [2.05, 4.69) is 6.92 Å². The van der Waals surface area contributed by atoms with Gasteiger partial charge in [0.1, 0.15) is 13.2 Å². The molecule has 0 bridgehead atoms. The van der Waals surface area contributed by atoms with Crippen molar-refractivity contribution in [1.29, 1.82) is 0 Å². The van der Waals surface area contributed by atoms with E-state index in [1.54, 1.807) is 25.1 Å². The zero-order valence-electron chi connectivity index (χ0n) is 26.6. The number of aryl methyl sites for hydroxylation is 1. The van der Waals surface area contributed by atoms with Gasteiger partial charge in [-0.2, -0.15) is 0 Å².